The van der Waals surface area contributed by atoms with E-state index in [-0.39, 0.29) is 17.6 Å². The molecule has 0 atom stereocenters. The minimum Gasteiger partial charge on any atom is -0.449 e. The Balaban J connectivity index is 1.65. The van der Waals surface area contributed by atoms with Gasteiger partial charge in [0.05, 0.1) is 0 Å². The van der Waals surface area contributed by atoms with E-state index in [1.165, 1.54) is 0 Å². The topological polar surface area (TPSA) is 75.0 Å². The van der Waals surface area contributed by atoms with E-state index in [0.29, 0.717) is 36.8 Å². The van der Waals surface area contributed by atoms with E-state index in [9.17, 15) is 9.59 Å². The predicted octanol–water partition coefficient (Wildman–Crippen LogP) is 4.52. The fourth-order valence-electron chi connectivity index (χ4n) is 4.26. The van der Waals surface area contributed by atoms with Crippen LogP contribution in [0.15, 0.2) is 28.7 Å². The first-order chi connectivity index (χ1) is 15.5. The number of hydrogen-bond donors (Lipinski definition) is 1. The minimum absolute atomic E-state index is 0.0835. The van der Waals surface area contributed by atoms with E-state index in [1.54, 1.807) is 0 Å². The summed E-state index contributed by atoms with van der Waals surface area (Å²) in [4.78, 5) is 30.0. The number of ether oxygens (including phenoxy) is 1. The molecular formula is C25H37N3O4. The van der Waals surface area contributed by atoms with Gasteiger partial charge in [0.15, 0.2) is 0 Å². The Kier molecular flexibility index (Phi) is 9.11. The van der Waals surface area contributed by atoms with Crippen LogP contribution in [0.1, 0.15) is 62.9 Å². The van der Waals surface area contributed by atoms with E-state index in [1.807, 2.05) is 36.1 Å². The van der Waals surface area contributed by atoms with Crippen molar-refractivity contribution in [2.75, 3.05) is 45.2 Å². The molecule has 0 aliphatic carbocycles. The summed E-state index contributed by atoms with van der Waals surface area (Å²) < 4.78 is 11.4. The highest BCUT2D eigenvalue weighted by molar-refractivity contribution is 6.10. The van der Waals surface area contributed by atoms with Gasteiger partial charge >= 0.3 is 0 Å². The summed E-state index contributed by atoms with van der Waals surface area (Å²) in [5, 5.41) is 3.72. The molecular weight excluding hydrogens is 406 g/mol. The third-order valence-electron chi connectivity index (χ3n) is 6.19. The number of carbonyl (C=O) groups is 2. The first-order valence-electron chi connectivity index (χ1n) is 11.9. The van der Waals surface area contributed by atoms with Gasteiger partial charge in [-0.1, -0.05) is 25.5 Å². The largest absolute Gasteiger partial charge is 0.449 e. The normalized spacial score (nSPS) is 14.9. The van der Waals surface area contributed by atoms with Crippen molar-refractivity contribution in [1.29, 1.82) is 0 Å². The summed E-state index contributed by atoms with van der Waals surface area (Å²) in [5.74, 6) is 0.00356. The van der Waals surface area contributed by atoms with Gasteiger partial charge in [-0.25, -0.2) is 0 Å². The molecule has 7 heteroatoms. The van der Waals surface area contributed by atoms with Crippen LogP contribution in [0.4, 0.5) is 5.69 Å². The van der Waals surface area contributed by atoms with Crippen LogP contribution in [-0.4, -0.2) is 67.6 Å². The molecule has 0 radical (unpaired) electrons. The Bertz CT molecular complexity index is 886. The number of nitrogens with zero attached hydrogens (tertiary/aromatic N) is 2. The van der Waals surface area contributed by atoms with E-state index >= 15 is 0 Å². The number of nitrogens with one attached hydrogen (secondary N) is 1. The lowest BCUT2D eigenvalue weighted by Crippen LogP contribution is -2.46. The second-order valence-electron chi connectivity index (χ2n) is 8.51. The smallest absolute Gasteiger partial charge is 0.291 e. The number of unbranched alkanes of at least 4 members (excludes halogenated alkanes) is 1. The van der Waals surface area contributed by atoms with Crippen LogP contribution >= 0.6 is 0 Å². The van der Waals surface area contributed by atoms with Crippen LogP contribution in [0, 0.1) is 0 Å². The number of amides is 2. The van der Waals surface area contributed by atoms with Crippen molar-refractivity contribution in [1.82, 2.24) is 9.80 Å². The molecule has 1 N–H and O–H groups in total. The highest BCUT2D eigenvalue weighted by atomic mass is 16.5. The van der Waals surface area contributed by atoms with Gasteiger partial charge in [0.1, 0.15) is 11.3 Å². The number of para-hydroxylation sites is 1. The van der Waals surface area contributed by atoms with Crippen LogP contribution in [-0.2, 0) is 9.53 Å². The molecule has 7 nitrogen and oxygen atoms in total. The summed E-state index contributed by atoms with van der Waals surface area (Å²) in [5.41, 5.74) is 1.12. The van der Waals surface area contributed by atoms with Crippen molar-refractivity contribution in [3.63, 3.8) is 0 Å². The van der Waals surface area contributed by atoms with E-state index in [2.05, 4.69) is 24.2 Å². The zero-order valence-corrected chi connectivity index (χ0v) is 19.7. The minimum atomic E-state index is -0.149. The second-order valence-corrected chi connectivity index (χ2v) is 8.51. The molecule has 0 saturated carbocycles. The van der Waals surface area contributed by atoms with Crippen molar-refractivity contribution in [2.45, 2.75) is 58.4 Å². The Hall–Kier alpha value is -2.38. The Morgan fingerprint density at radius 2 is 1.94 bits per heavy atom. The standard InChI is InChI=1S/C25H37N3O4/c1-4-6-12-22(29)26-23-20-10-7-8-11-21(20)32-24(23)25(30)28-16-13-19(14-17-28)27(3)15-9-18-31-5-2/h7-8,10-11,19H,4-6,9,12-18H2,1-3H3,(H,26,29). The second kappa shape index (κ2) is 12.0. The lowest BCUT2D eigenvalue weighted by atomic mass is 10.0. The Labute approximate surface area is 191 Å². The van der Waals surface area contributed by atoms with Gasteiger partial charge in [-0.3, -0.25) is 9.59 Å². The Morgan fingerprint density at radius 3 is 2.66 bits per heavy atom. The van der Waals surface area contributed by atoms with Crippen LogP contribution in [0.25, 0.3) is 11.0 Å². The quantitative estimate of drug-likeness (QED) is 0.517. The average molecular weight is 444 g/mol. The van der Waals surface area contributed by atoms with Crippen LogP contribution in [0.3, 0.4) is 0 Å². The van der Waals surface area contributed by atoms with Gasteiger partial charge in [-0.05, 0) is 51.8 Å². The summed E-state index contributed by atoms with van der Waals surface area (Å²) >= 11 is 0. The van der Waals surface area contributed by atoms with Crippen molar-refractivity contribution in [3.05, 3.63) is 30.0 Å². The molecule has 1 aromatic carbocycles. The first-order valence-corrected chi connectivity index (χ1v) is 11.9. The van der Waals surface area contributed by atoms with Crippen molar-refractivity contribution in [2.24, 2.45) is 0 Å². The number of furan rings is 1. The maximum absolute atomic E-state index is 13.4. The number of likely N-dealkylation sites (tertiary alicyclic amines) is 1. The zero-order valence-electron chi connectivity index (χ0n) is 19.7. The molecule has 1 saturated heterocycles. The molecule has 32 heavy (non-hydrogen) atoms. The van der Waals surface area contributed by atoms with E-state index in [0.717, 1.165) is 57.2 Å². The molecule has 176 valence electrons. The SMILES string of the molecule is CCCCC(=O)Nc1c(C(=O)N2CCC(N(C)CCCOCC)CC2)oc2ccccc12. The fraction of sp³-hybridized carbons (Fsp3) is 0.600. The third-order valence-corrected chi connectivity index (χ3v) is 6.19. The van der Waals surface area contributed by atoms with E-state index in [4.69, 9.17) is 9.15 Å². The number of carbonyl (C=O) groups excluding carboxylic acids is 2. The average Bonchev–Trinajstić information content (AvgIpc) is 3.18. The maximum Gasteiger partial charge on any atom is 0.291 e. The highest BCUT2D eigenvalue weighted by Crippen LogP contribution is 2.32. The molecule has 1 aliphatic heterocycles. The molecule has 2 heterocycles. The third kappa shape index (κ3) is 6.11. The maximum atomic E-state index is 13.4. The van der Waals surface area contributed by atoms with Crippen molar-refractivity contribution >= 4 is 28.5 Å². The molecule has 0 unspecified atom stereocenters. The summed E-state index contributed by atoms with van der Waals surface area (Å²) in [6.07, 6.45) is 5.07. The van der Waals surface area contributed by atoms with Gasteiger partial charge in [0.2, 0.25) is 11.7 Å². The van der Waals surface area contributed by atoms with Crippen LogP contribution < -0.4 is 5.32 Å². The van der Waals surface area contributed by atoms with Crippen molar-refractivity contribution < 1.29 is 18.7 Å². The highest BCUT2D eigenvalue weighted by Gasteiger charge is 2.30. The van der Waals surface area contributed by atoms with Gasteiger partial charge < -0.3 is 24.3 Å². The van der Waals surface area contributed by atoms with Gasteiger partial charge in [0.25, 0.3) is 5.91 Å². The van der Waals surface area contributed by atoms with Crippen LogP contribution in [0.2, 0.25) is 0 Å². The number of piperidine rings is 1. The zero-order chi connectivity index (χ0) is 22.9. The van der Waals surface area contributed by atoms with E-state index < -0.39 is 0 Å². The molecule has 1 fully saturated rings. The molecule has 1 aliphatic rings. The number of anilines is 1. The lowest BCUT2D eigenvalue weighted by molar-refractivity contribution is -0.116. The van der Waals surface area contributed by atoms with Gasteiger partial charge in [-0.15, -0.1) is 0 Å². The molecule has 0 spiro atoms. The number of fused-ring (bicyclic) bond motifs is 1. The fourth-order valence-corrected chi connectivity index (χ4v) is 4.26. The molecule has 2 aromatic rings. The number of rotatable bonds is 11. The molecule has 0 bridgehead atoms. The predicted molar refractivity (Wildman–Crippen MR) is 127 cm³/mol. The van der Waals surface area contributed by atoms with Crippen molar-refractivity contribution in [3.8, 4) is 0 Å². The summed E-state index contributed by atoms with van der Waals surface area (Å²) in [6.45, 7) is 7.97. The first kappa shape index (κ1) is 24.3. The molecule has 1 aromatic heterocycles. The van der Waals surface area contributed by atoms with Crippen LogP contribution in [0.5, 0.6) is 0 Å². The monoisotopic (exact) mass is 443 g/mol. The van der Waals surface area contributed by atoms with Gasteiger partial charge in [0, 0.05) is 50.7 Å². The molecule has 2 amide bonds. The summed E-state index contributed by atoms with van der Waals surface area (Å²) in [7, 11) is 2.15. The Morgan fingerprint density at radius 1 is 1.19 bits per heavy atom. The van der Waals surface area contributed by atoms with Gasteiger partial charge in [-0.2, -0.15) is 0 Å². The lowest BCUT2D eigenvalue weighted by Gasteiger charge is -2.36. The molecule has 3 rings (SSSR count). The summed E-state index contributed by atoms with van der Waals surface area (Å²) in [6, 6.07) is 7.94. The number of hydrogen-bond acceptors (Lipinski definition) is 5. The number of benzene rings is 1.